The van der Waals surface area contributed by atoms with Gasteiger partial charge in [0.1, 0.15) is 0 Å². The van der Waals surface area contributed by atoms with Crippen molar-refractivity contribution in [3.63, 3.8) is 0 Å². The summed E-state index contributed by atoms with van der Waals surface area (Å²) in [6.45, 7) is 7.81. The molecule has 2 nitrogen and oxygen atoms in total. The average molecular weight is 295 g/mol. The Bertz CT molecular complexity index is 441. The highest BCUT2D eigenvalue weighted by atomic mass is 35.5. The second-order valence-corrected chi connectivity index (χ2v) is 6.86. The van der Waals surface area contributed by atoms with E-state index in [1.807, 2.05) is 6.07 Å². The van der Waals surface area contributed by atoms with E-state index in [0.29, 0.717) is 5.92 Å². The van der Waals surface area contributed by atoms with Gasteiger partial charge in [-0.3, -0.25) is 0 Å². The Hall–Kier alpha value is -0.730. The molecule has 2 N–H and O–H groups in total. The molecule has 1 aliphatic rings. The highest BCUT2D eigenvalue weighted by Gasteiger charge is 2.30. The maximum atomic E-state index is 6.19. The molecular formula is C17H27ClN2. The average Bonchev–Trinajstić information content (AvgIpc) is 3.20. The summed E-state index contributed by atoms with van der Waals surface area (Å²) in [6.07, 6.45) is 4.54. The number of halogens is 1. The Morgan fingerprint density at radius 2 is 2.05 bits per heavy atom. The number of nitrogens with two attached hydrogens (primary N) is 1. The van der Waals surface area contributed by atoms with Gasteiger partial charge >= 0.3 is 0 Å². The Kier molecular flexibility index (Phi) is 5.34. The Balaban J connectivity index is 2.27. The monoisotopic (exact) mass is 294 g/mol. The normalized spacial score (nSPS) is 16.5. The molecule has 0 aliphatic heterocycles. The second kappa shape index (κ2) is 6.82. The molecule has 2 rings (SSSR count). The molecule has 0 radical (unpaired) electrons. The van der Waals surface area contributed by atoms with Crippen LogP contribution in [0.25, 0.3) is 0 Å². The lowest BCUT2D eigenvalue weighted by atomic mass is 10.0. The molecule has 1 fully saturated rings. The van der Waals surface area contributed by atoms with Gasteiger partial charge in [0, 0.05) is 29.3 Å². The predicted molar refractivity (Wildman–Crippen MR) is 88.6 cm³/mol. The largest absolute Gasteiger partial charge is 0.368 e. The van der Waals surface area contributed by atoms with Gasteiger partial charge in [0.2, 0.25) is 0 Å². The van der Waals surface area contributed by atoms with Gasteiger partial charge in [-0.05, 0) is 55.4 Å². The molecule has 0 spiro atoms. The summed E-state index contributed by atoms with van der Waals surface area (Å²) >= 11 is 6.19. The van der Waals surface area contributed by atoms with Crippen LogP contribution in [0, 0.1) is 5.92 Å². The van der Waals surface area contributed by atoms with Crippen molar-refractivity contribution < 1.29 is 0 Å². The zero-order valence-corrected chi connectivity index (χ0v) is 13.7. The standard InChI is InChI=1S/C17H27ClN2/c1-4-15(19)10-13-9-14(18)5-8-17(13)20(11-12(2)3)16-6-7-16/h5,8-9,12,15-16H,4,6-7,10-11,19H2,1-3H3. The number of rotatable bonds is 7. The molecule has 1 aliphatic carbocycles. The van der Waals surface area contributed by atoms with E-state index < -0.39 is 0 Å². The molecule has 1 aromatic carbocycles. The molecule has 0 bridgehead atoms. The zero-order chi connectivity index (χ0) is 14.7. The summed E-state index contributed by atoms with van der Waals surface area (Å²) in [4.78, 5) is 2.57. The molecule has 1 aromatic rings. The third-order valence-corrected chi connectivity index (χ3v) is 4.14. The lowest BCUT2D eigenvalue weighted by Gasteiger charge is -2.29. The van der Waals surface area contributed by atoms with Crippen LogP contribution in [0.4, 0.5) is 5.69 Å². The lowest BCUT2D eigenvalue weighted by molar-refractivity contribution is 0.600. The highest BCUT2D eigenvalue weighted by molar-refractivity contribution is 6.30. The van der Waals surface area contributed by atoms with E-state index in [0.717, 1.165) is 30.5 Å². The van der Waals surface area contributed by atoms with E-state index in [1.165, 1.54) is 24.1 Å². The topological polar surface area (TPSA) is 29.3 Å². The minimum Gasteiger partial charge on any atom is -0.368 e. The predicted octanol–water partition coefficient (Wildman–Crippen LogP) is 4.24. The molecule has 1 unspecified atom stereocenters. The van der Waals surface area contributed by atoms with Gasteiger partial charge in [0.15, 0.2) is 0 Å². The van der Waals surface area contributed by atoms with Gasteiger partial charge in [-0.15, -0.1) is 0 Å². The fraction of sp³-hybridized carbons (Fsp3) is 0.647. The second-order valence-electron chi connectivity index (χ2n) is 6.42. The van der Waals surface area contributed by atoms with Gasteiger partial charge in [0.05, 0.1) is 0 Å². The number of nitrogens with zero attached hydrogens (tertiary/aromatic N) is 1. The first-order valence-electron chi connectivity index (χ1n) is 7.81. The quantitative estimate of drug-likeness (QED) is 0.815. The lowest BCUT2D eigenvalue weighted by Crippen LogP contribution is -2.31. The molecule has 112 valence electrons. The summed E-state index contributed by atoms with van der Waals surface area (Å²) in [5, 5.41) is 0.812. The van der Waals surface area contributed by atoms with Crippen LogP contribution in [0.15, 0.2) is 18.2 Å². The van der Waals surface area contributed by atoms with Crippen LogP contribution in [0.2, 0.25) is 5.02 Å². The van der Waals surface area contributed by atoms with Gasteiger partial charge in [-0.25, -0.2) is 0 Å². The molecule has 1 saturated carbocycles. The third-order valence-electron chi connectivity index (χ3n) is 3.91. The molecular weight excluding hydrogens is 268 g/mol. The van der Waals surface area contributed by atoms with E-state index in [2.05, 4.69) is 37.8 Å². The van der Waals surface area contributed by atoms with E-state index in [-0.39, 0.29) is 6.04 Å². The number of hydrogen-bond donors (Lipinski definition) is 1. The Morgan fingerprint density at radius 3 is 2.60 bits per heavy atom. The van der Waals surface area contributed by atoms with Crippen molar-refractivity contribution in [3.8, 4) is 0 Å². The van der Waals surface area contributed by atoms with Gasteiger partial charge in [-0.1, -0.05) is 32.4 Å². The summed E-state index contributed by atoms with van der Waals surface area (Å²) in [7, 11) is 0. The van der Waals surface area contributed by atoms with Crippen molar-refractivity contribution in [3.05, 3.63) is 28.8 Å². The molecule has 20 heavy (non-hydrogen) atoms. The Morgan fingerprint density at radius 1 is 1.35 bits per heavy atom. The smallest absolute Gasteiger partial charge is 0.0410 e. The van der Waals surface area contributed by atoms with E-state index in [1.54, 1.807) is 0 Å². The van der Waals surface area contributed by atoms with Gasteiger partial charge in [-0.2, -0.15) is 0 Å². The molecule has 0 amide bonds. The van der Waals surface area contributed by atoms with Crippen LogP contribution in [-0.4, -0.2) is 18.6 Å². The first-order valence-corrected chi connectivity index (χ1v) is 8.19. The third kappa shape index (κ3) is 4.13. The summed E-state index contributed by atoms with van der Waals surface area (Å²) in [5.74, 6) is 0.666. The molecule has 3 heteroatoms. The molecule has 0 heterocycles. The summed E-state index contributed by atoms with van der Waals surface area (Å²) in [5.41, 5.74) is 8.80. The minimum atomic E-state index is 0.215. The fourth-order valence-corrected chi connectivity index (χ4v) is 2.84. The maximum Gasteiger partial charge on any atom is 0.0410 e. The summed E-state index contributed by atoms with van der Waals surface area (Å²) < 4.78 is 0. The highest BCUT2D eigenvalue weighted by Crippen LogP contribution is 2.35. The molecule has 1 atom stereocenters. The number of benzene rings is 1. The van der Waals surface area contributed by atoms with E-state index in [9.17, 15) is 0 Å². The first kappa shape index (κ1) is 15.7. The fourth-order valence-electron chi connectivity index (χ4n) is 2.65. The number of hydrogen-bond acceptors (Lipinski definition) is 2. The Labute approximate surface area is 128 Å². The van der Waals surface area contributed by atoms with Crippen molar-refractivity contribution in [1.82, 2.24) is 0 Å². The minimum absolute atomic E-state index is 0.215. The van der Waals surface area contributed by atoms with E-state index in [4.69, 9.17) is 17.3 Å². The van der Waals surface area contributed by atoms with Crippen LogP contribution < -0.4 is 10.6 Å². The van der Waals surface area contributed by atoms with Crippen molar-refractivity contribution in [2.45, 2.75) is 58.5 Å². The zero-order valence-electron chi connectivity index (χ0n) is 12.9. The van der Waals surface area contributed by atoms with Crippen LogP contribution in [0.5, 0.6) is 0 Å². The van der Waals surface area contributed by atoms with E-state index >= 15 is 0 Å². The van der Waals surface area contributed by atoms with Crippen LogP contribution >= 0.6 is 11.6 Å². The van der Waals surface area contributed by atoms with Crippen LogP contribution in [0.1, 0.15) is 45.6 Å². The molecule has 0 aromatic heterocycles. The van der Waals surface area contributed by atoms with Gasteiger partial charge in [0.25, 0.3) is 0 Å². The SMILES string of the molecule is CCC(N)Cc1cc(Cl)ccc1N(CC(C)C)C1CC1. The van der Waals surface area contributed by atoms with Crippen LogP contribution in [-0.2, 0) is 6.42 Å². The van der Waals surface area contributed by atoms with Crippen molar-refractivity contribution in [2.24, 2.45) is 11.7 Å². The van der Waals surface area contributed by atoms with Crippen molar-refractivity contribution >= 4 is 17.3 Å². The van der Waals surface area contributed by atoms with Crippen molar-refractivity contribution in [1.29, 1.82) is 0 Å². The first-order chi connectivity index (χ1) is 9.51. The molecule has 0 saturated heterocycles. The van der Waals surface area contributed by atoms with Gasteiger partial charge < -0.3 is 10.6 Å². The van der Waals surface area contributed by atoms with Crippen molar-refractivity contribution in [2.75, 3.05) is 11.4 Å². The number of anilines is 1. The maximum absolute atomic E-state index is 6.19. The van der Waals surface area contributed by atoms with Crippen LogP contribution in [0.3, 0.4) is 0 Å². The summed E-state index contributed by atoms with van der Waals surface area (Å²) in [6, 6.07) is 7.22.